The summed E-state index contributed by atoms with van der Waals surface area (Å²) in [5.74, 6) is 0. The third kappa shape index (κ3) is 1.55. The van der Waals surface area contributed by atoms with Crippen LogP contribution in [0.15, 0.2) is 30.3 Å². The quantitative estimate of drug-likeness (QED) is 0.470. The summed E-state index contributed by atoms with van der Waals surface area (Å²) in [6, 6.07) is 11.2. The Morgan fingerprint density at radius 1 is 1.31 bits per heavy atom. The van der Waals surface area contributed by atoms with Crippen molar-refractivity contribution >= 4 is 20.0 Å². The summed E-state index contributed by atoms with van der Waals surface area (Å²) in [5.41, 5.74) is 0.981. The van der Waals surface area contributed by atoms with Gasteiger partial charge < -0.3 is 0 Å². The van der Waals surface area contributed by atoms with Crippen molar-refractivity contribution in [1.82, 2.24) is 0 Å². The molecule has 1 saturated heterocycles. The molecule has 13 heavy (non-hydrogen) atoms. The van der Waals surface area contributed by atoms with E-state index in [-0.39, 0.29) is 0 Å². The van der Waals surface area contributed by atoms with Crippen molar-refractivity contribution in [3.8, 4) is 0 Å². The van der Waals surface area contributed by atoms with Gasteiger partial charge in [0.2, 0.25) is 0 Å². The molecule has 1 heterocycles. The van der Waals surface area contributed by atoms with Crippen LogP contribution in [0.2, 0.25) is 0 Å². The second-order valence-electron chi connectivity index (χ2n) is 4.58. The Labute approximate surface area is 82.4 Å². The molecule has 0 amide bonds. The second-order valence-corrected chi connectivity index (χ2v) is 9.47. The Morgan fingerprint density at radius 3 is 2.54 bits per heavy atom. The third-order valence-electron chi connectivity index (χ3n) is 3.85. The molecule has 1 aliphatic rings. The Hall–Kier alpha value is -0.285. The molecule has 0 radical (unpaired) electrons. The summed E-state index contributed by atoms with van der Waals surface area (Å²) < 4.78 is 0. The Morgan fingerprint density at radius 2 is 2.00 bits per heavy atom. The zero-order chi connectivity index (χ0) is 9.31. The van der Waals surface area contributed by atoms with Gasteiger partial charge in [-0.1, -0.05) is 0 Å². The molecule has 1 aromatic carbocycles. The molecule has 0 N–H and O–H groups in total. The van der Waals surface area contributed by atoms with Crippen LogP contribution in [-0.4, -0.2) is 19.4 Å². The fourth-order valence-corrected chi connectivity index (χ4v) is 6.67. The third-order valence-corrected chi connectivity index (χ3v) is 9.36. The van der Waals surface area contributed by atoms with E-state index in [1.54, 1.807) is 5.30 Å². The minimum absolute atomic E-state index is 0.981. The van der Waals surface area contributed by atoms with Crippen LogP contribution < -0.4 is 5.30 Å². The predicted molar refractivity (Wildman–Crippen MR) is 66.5 cm³/mol. The van der Waals surface area contributed by atoms with Crippen LogP contribution >= 0.6 is 7.14 Å². The van der Waals surface area contributed by atoms with Gasteiger partial charge in [0.25, 0.3) is 0 Å². The normalized spacial score (nSPS) is 28.5. The summed E-state index contributed by atoms with van der Waals surface area (Å²) in [4.78, 5) is 0. The molecule has 0 unspecified atom stereocenters. The van der Waals surface area contributed by atoms with Crippen LogP contribution in [0.5, 0.6) is 0 Å². The molecule has 0 saturated carbocycles. The van der Waals surface area contributed by atoms with Crippen LogP contribution in [0.4, 0.5) is 0 Å². The van der Waals surface area contributed by atoms with Crippen LogP contribution in [0.1, 0.15) is 19.8 Å². The fraction of sp³-hybridized carbons (Fsp3) is 0.455. The van der Waals surface area contributed by atoms with Gasteiger partial charge in [-0.3, -0.25) is 0 Å². The molecule has 2 rings (SSSR count). The number of hydrogen-bond donors (Lipinski definition) is 0. The Kier molecular flexibility index (Phi) is 2.47. The zero-order valence-corrected chi connectivity index (χ0v) is 9.59. The summed E-state index contributed by atoms with van der Waals surface area (Å²) in [5, 5.41) is 1.67. The predicted octanol–water partition coefficient (Wildman–Crippen LogP) is 1.79. The van der Waals surface area contributed by atoms with E-state index in [2.05, 4.69) is 44.8 Å². The molecule has 70 valence electrons. The van der Waals surface area contributed by atoms with Gasteiger partial charge in [-0.2, -0.15) is 0 Å². The number of benzene rings is 1. The van der Waals surface area contributed by atoms with Crippen LogP contribution in [-0.2, 0) is 0 Å². The molecular weight excluding hydrogens is 174 g/mol. The van der Waals surface area contributed by atoms with Gasteiger partial charge in [-0.25, -0.2) is 0 Å². The van der Waals surface area contributed by atoms with Crippen LogP contribution in [0.25, 0.3) is 0 Å². The minimum atomic E-state index is -1.07. The molecule has 0 aromatic heterocycles. The number of hydrogen-bond acceptors (Lipinski definition) is 0. The van der Waals surface area contributed by atoms with Gasteiger partial charge in [0.05, 0.1) is 0 Å². The van der Waals surface area contributed by atoms with Gasteiger partial charge in [0.15, 0.2) is 0 Å². The molecule has 0 bridgehead atoms. The first-order valence-corrected chi connectivity index (χ1v) is 8.07. The van der Waals surface area contributed by atoms with Crippen molar-refractivity contribution in [2.45, 2.75) is 25.4 Å². The molecule has 0 spiro atoms. The van der Waals surface area contributed by atoms with Crippen molar-refractivity contribution in [3.05, 3.63) is 30.3 Å². The first kappa shape index (κ1) is 9.28. The van der Waals surface area contributed by atoms with E-state index in [0.29, 0.717) is 0 Å². The van der Waals surface area contributed by atoms with E-state index in [4.69, 9.17) is 0 Å². The van der Waals surface area contributed by atoms with Gasteiger partial charge in [-0.15, -0.1) is 0 Å². The molecule has 1 aromatic rings. The van der Waals surface area contributed by atoms with Crippen molar-refractivity contribution in [3.63, 3.8) is 0 Å². The first-order chi connectivity index (χ1) is 6.23. The van der Waals surface area contributed by atoms with E-state index in [1.807, 2.05) is 0 Å². The maximum atomic E-state index is 2.56. The molecule has 2 heteroatoms. The Balaban J connectivity index is 2.34. The summed E-state index contributed by atoms with van der Waals surface area (Å²) in [6.45, 7) is 2.45. The van der Waals surface area contributed by atoms with Crippen LogP contribution in [0.3, 0.4) is 0 Å². The van der Waals surface area contributed by atoms with Gasteiger partial charge in [0, 0.05) is 0 Å². The summed E-state index contributed by atoms with van der Waals surface area (Å²) in [7, 11) is 1.49. The van der Waals surface area contributed by atoms with E-state index in [9.17, 15) is 0 Å². The first-order valence-electron chi connectivity index (χ1n) is 5.29. The van der Waals surface area contributed by atoms with E-state index in [0.717, 1.165) is 5.66 Å². The van der Waals surface area contributed by atoms with E-state index in [1.165, 1.54) is 19.0 Å². The standard InChI is InChI=1S/C11H18BP/c1-10-6-5-9-13(10,12)11-7-3-2-4-8-11/h2-4,7-8,10,13H,5-6,9,12H2,1H3/t10-/m0/s1. The maximum absolute atomic E-state index is 2.56. The summed E-state index contributed by atoms with van der Waals surface area (Å²) in [6.07, 6.45) is 4.41. The molecule has 1 atom stereocenters. The fourth-order valence-electron chi connectivity index (χ4n) is 2.59. The van der Waals surface area contributed by atoms with Crippen molar-refractivity contribution < 1.29 is 0 Å². The SMILES string of the molecule is B[PH]1(c2ccccc2)CCC[C@@H]1C. The van der Waals surface area contributed by atoms with E-state index >= 15 is 0 Å². The zero-order valence-electron chi connectivity index (χ0n) is 8.59. The van der Waals surface area contributed by atoms with Crippen molar-refractivity contribution in [2.24, 2.45) is 0 Å². The average Bonchev–Trinajstić information content (AvgIpc) is 2.50. The van der Waals surface area contributed by atoms with Gasteiger partial charge in [0.1, 0.15) is 0 Å². The topological polar surface area (TPSA) is 0 Å². The molecule has 0 nitrogen and oxygen atoms in total. The molecule has 0 aliphatic carbocycles. The van der Waals surface area contributed by atoms with Gasteiger partial charge >= 0.3 is 81.9 Å². The van der Waals surface area contributed by atoms with Gasteiger partial charge in [-0.05, 0) is 0 Å². The molecule has 1 aliphatic heterocycles. The van der Waals surface area contributed by atoms with Crippen molar-refractivity contribution in [2.75, 3.05) is 6.16 Å². The average molecular weight is 192 g/mol. The van der Waals surface area contributed by atoms with Crippen molar-refractivity contribution in [1.29, 1.82) is 0 Å². The number of rotatable bonds is 1. The second kappa shape index (κ2) is 3.46. The Bertz CT molecular complexity index is 285. The monoisotopic (exact) mass is 192 g/mol. The summed E-state index contributed by atoms with van der Waals surface area (Å²) >= 11 is 0. The van der Waals surface area contributed by atoms with E-state index < -0.39 is 7.14 Å². The molecular formula is C11H18BP. The van der Waals surface area contributed by atoms with Crippen LogP contribution in [0, 0.1) is 0 Å². The molecule has 1 fully saturated rings.